The van der Waals surface area contributed by atoms with Crippen molar-refractivity contribution in [2.45, 2.75) is 38.1 Å². The van der Waals surface area contributed by atoms with E-state index in [1.165, 1.54) is 6.42 Å². The van der Waals surface area contributed by atoms with Gasteiger partial charge >= 0.3 is 0 Å². The van der Waals surface area contributed by atoms with Crippen LogP contribution in [0.15, 0.2) is 91.8 Å². The summed E-state index contributed by atoms with van der Waals surface area (Å²) in [5.41, 5.74) is 12.8. The molecule has 1 fully saturated rings. The number of fused-ring (bicyclic) bond motifs is 1. The van der Waals surface area contributed by atoms with Gasteiger partial charge in [0.1, 0.15) is 0 Å². The first-order valence-electron chi connectivity index (χ1n) is 12.5. The maximum Gasteiger partial charge on any atom is 0.255 e. The van der Waals surface area contributed by atoms with Crippen LogP contribution in [0.25, 0.3) is 22.5 Å². The zero-order valence-electron chi connectivity index (χ0n) is 20.5. The van der Waals surface area contributed by atoms with Crippen molar-refractivity contribution >= 4 is 23.0 Å². The third-order valence-electron chi connectivity index (χ3n) is 7.57. The average Bonchev–Trinajstić information content (AvgIpc) is 3.31. The minimum absolute atomic E-state index is 0.0518. The van der Waals surface area contributed by atoms with E-state index in [1.807, 2.05) is 47.5 Å². The first-order chi connectivity index (χ1) is 17.6. The molecule has 2 aromatic heterocycles. The summed E-state index contributed by atoms with van der Waals surface area (Å²) in [6, 6.07) is 18.4. The molecule has 2 aliphatic carbocycles. The van der Waals surface area contributed by atoms with Crippen LogP contribution >= 0.6 is 0 Å². The molecule has 2 heterocycles. The molecule has 0 saturated heterocycles. The first kappa shape index (κ1) is 22.4. The Bertz CT molecular complexity index is 1490. The lowest BCUT2D eigenvalue weighted by Crippen LogP contribution is -2.52. The molecule has 1 saturated carbocycles. The molecule has 1 unspecified atom stereocenters. The lowest BCUT2D eigenvalue weighted by Gasteiger charge is -2.44. The van der Waals surface area contributed by atoms with Gasteiger partial charge < -0.3 is 5.73 Å². The summed E-state index contributed by atoms with van der Waals surface area (Å²) in [6.07, 6.45) is 14.9. The van der Waals surface area contributed by atoms with Crippen molar-refractivity contribution in [3.8, 4) is 11.1 Å². The number of rotatable bonds is 6. The van der Waals surface area contributed by atoms with Gasteiger partial charge in [0.05, 0.1) is 11.4 Å². The van der Waals surface area contributed by atoms with Gasteiger partial charge in [0.25, 0.3) is 11.7 Å². The fourth-order valence-corrected chi connectivity index (χ4v) is 5.26. The Labute approximate surface area is 211 Å². The van der Waals surface area contributed by atoms with Gasteiger partial charge in [0.2, 0.25) is 0 Å². The minimum Gasteiger partial charge on any atom is -0.325 e. The molecule has 4 aromatic rings. The van der Waals surface area contributed by atoms with Crippen LogP contribution < -0.4 is 10.6 Å². The van der Waals surface area contributed by atoms with Gasteiger partial charge in [-0.15, -0.1) is 5.10 Å². The normalized spacial score (nSPS) is 18.5. The van der Waals surface area contributed by atoms with Crippen LogP contribution in [0.2, 0.25) is 0 Å². The molecule has 0 radical (unpaired) electrons. The van der Waals surface area contributed by atoms with Gasteiger partial charge in [-0.3, -0.25) is 4.90 Å². The van der Waals surface area contributed by atoms with Crippen molar-refractivity contribution < 1.29 is 0 Å². The van der Waals surface area contributed by atoms with Crippen LogP contribution in [-0.2, 0) is 0 Å². The highest BCUT2D eigenvalue weighted by atomic mass is 15.4. The number of benzene rings is 2. The Hall–Kier alpha value is -4.03. The standard InChI is InChI=1S/C30H30N6/c1-3-35(26-13-8-7-10-21(26)2)29-33-28-32-27(23-14-16-24(17-15-23)30(31)18-9-19-30)25(20-36(28)34-29)22-11-5-4-6-12-22/h3-8,10-16,20,24H,1,9,17-19,31H2,2H3. The molecule has 6 rings (SSSR count). The molecule has 1 atom stereocenters. The summed E-state index contributed by atoms with van der Waals surface area (Å²) in [5, 5.41) is 4.78. The number of hydrogen-bond donors (Lipinski definition) is 1. The van der Waals surface area contributed by atoms with Crippen LogP contribution in [0.4, 0.5) is 11.6 Å². The van der Waals surface area contributed by atoms with Crippen molar-refractivity contribution in [3.63, 3.8) is 0 Å². The zero-order chi connectivity index (χ0) is 24.7. The monoisotopic (exact) mass is 474 g/mol. The summed E-state index contributed by atoms with van der Waals surface area (Å²) in [5.74, 6) is 1.46. The lowest BCUT2D eigenvalue weighted by atomic mass is 9.66. The van der Waals surface area contributed by atoms with E-state index in [2.05, 4.69) is 49.9 Å². The molecule has 2 aromatic carbocycles. The molecule has 0 amide bonds. The quantitative estimate of drug-likeness (QED) is 0.359. The summed E-state index contributed by atoms with van der Waals surface area (Å²) in [7, 11) is 0. The van der Waals surface area contributed by atoms with Crippen molar-refractivity contribution in [3.05, 3.63) is 103 Å². The van der Waals surface area contributed by atoms with Crippen molar-refractivity contribution in [2.24, 2.45) is 11.7 Å². The lowest BCUT2D eigenvalue weighted by molar-refractivity contribution is 0.183. The Morgan fingerprint density at radius 2 is 1.86 bits per heavy atom. The van der Waals surface area contributed by atoms with E-state index in [9.17, 15) is 0 Å². The number of allylic oxidation sites excluding steroid dienone is 3. The molecule has 0 bridgehead atoms. The molecule has 0 aliphatic heterocycles. The highest BCUT2D eigenvalue weighted by Gasteiger charge is 2.39. The average molecular weight is 475 g/mol. The van der Waals surface area contributed by atoms with E-state index in [4.69, 9.17) is 20.8 Å². The van der Waals surface area contributed by atoms with Crippen molar-refractivity contribution in [1.29, 1.82) is 0 Å². The zero-order valence-corrected chi connectivity index (χ0v) is 20.5. The molecular weight excluding hydrogens is 444 g/mol. The molecule has 6 heteroatoms. The minimum atomic E-state index is -0.0518. The van der Waals surface area contributed by atoms with E-state index in [1.54, 1.807) is 10.7 Å². The third-order valence-corrected chi connectivity index (χ3v) is 7.57. The molecule has 6 nitrogen and oxygen atoms in total. The number of aryl methyl sites for hydroxylation is 1. The topological polar surface area (TPSA) is 72.3 Å². The second-order valence-electron chi connectivity index (χ2n) is 9.81. The number of nitrogens with zero attached hydrogens (tertiary/aromatic N) is 5. The molecule has 180 valence electrons. The van der Waals surface area contributed by atoms with E-state index >= 15 is 0 Å². The third kappa shape index (κ3) is 3.84. The van der Waals surface area contributed by atoms with Crippen LogP contribution in [0.5, 0.6) is 0 Å². The number of hydrogen-bond acceptors (Lipinski definition) is 5. The first-order valence-corrected chi connectivity index (χ1v) is 12.5. The van der Waals surface area contributed by atoms with Gasteiger partial charge in [-0.1, -0.05) is 73.3 Å². The number of aromatic nitrogens is 4. The van der Waals surface area contributed by atoms with Crippen LogP contribution in [-0.4, -0.2) is 25.1 Å². The van der Waals surface area contributed by atoms with Crippen LogP contribution in [0.1, 0.15) is 36.9 Å². The second kappa shape index (κ2) is 8.88. The molecular formula is C30H30N6. The summed E-state index contributed by atoms with van der Waals surface area (Å²) in [6.45, 7) is 6.07. The van der Waals surface area contributed by atoms with Crippen molar-refractivity contribution in [1.82, 2.24) is 19.6 Å². The van der Waals surface area contributed by atoms with Gasteiger partial charge in [-0.05, 0) is 61.3 Å². The summed E-state index contributed by atoms with van der Waals surface area (Å²) < 4.78 is 1.76. The number of para-hydroxylation sites is 1. The molecule has 2 aliphatic rings. The summed E-state index contributed by atoms with van der Waals surface area (Å²) >= 11 is 0. The predicted octanol–water partition coefficient (Wildman–Crippen LogP) is 6.22. The Morgan fingerprint density at radius 1 is 1.08 bits per heavy atom. The maximum absolute atomic E-state index is 6.63. The molecule has 0 spiro atoms. The fourth-order valence-electron chi connectivity index (χ4n) is 5.26. The highest BCUT2D eigenvalue weighted by Crippen LogP contribution is 2.41. The Balaban J connectivity index is 1.44. The van der Waals surface area contributed by atoms with Gasteiger partial charge in [0.15, 0.2) is 0 Å². The SMILES string of the molecule is C=CN(c1nc2nc(C3=CCC(C4(N)CCC4)C=C3)c(-c3ccccc3)cn2n1)c1ccccc1C. The van der Waals surface area contributed by atoms with Crippen LogP contribution in [0.3, 0.4) is 0 Å². The molecule has 36 heavy (non-hydrogen) atoms. The van der Waals surface area contributed by atoms with Gasteiger partial charge in [-0.25, -0.2) is 9.50 Å². The van der Waals surface area contributed by atoms with Crippen LogP contribution in [0, 0.1) is 12.8 Å². The molecule has 2 N–H and O–H groups in total. The highest BCUT2D eigenvalue weighted by molar-refractivity contribution is 5.84. The van der Waals surface area contributed by atoms with E-state index in [-0.39, 0.29) is 5.54 Å². The predicted molar refractivity (Wildman–Crippen MR) is 146 cm³/mol. The Morgan fingerprint density at radius 3 is 2.53 bits per heavy atom. The second-order valence-corrected chi connectivity index (χ2v) is 9.81. The summed E-state index contributed by atoms with van der Waals surface area (Å²) in [4.78, 5) is 11.7. The fraction of sp³-hybridized carbons (Fsp3) is 0.233. The number of anilines is 2. The van der Waals surface area contributed by atoms with E-state index in [0.717, 1.165) is 52.9 Å². The van der Waals surface area contributed by atoms with Gasteiger partial charge in [-0.2, -0.15) is 4.98 Å². The maximum atomic E-state index is 6.63. The Kier molecular flexibility index (Phi) is 5.53. The largest absolute Gasteiger partial charge is 0.325 e. The van der Waals surface area contributed by atoms with Crippen molar-refractivity contribution in [2.75, 3.05) is 4.90 Å². The van der Waals surface area contributed by atoms with Gasteiger partial charge in [0, 0.05) is 23.5 Å². The van der Waals surface area contributed by atoms with E-state index in [0.29, 0.717) is 17.6 Å². The van der Waals surface area contributed by atoms with E-state index < -0.39 is 0 Å². The number of nitrogens with two attached hydrogens (primary N) is 1. The smallest absolute Gasteiger partial charge is 0.255 e.